The highest BCUT2D eigenvalue weighted by molar-refractivity contribution is 7.10. The van der Waals surface area contributed by atoms with Crippen LogP contribution in [0.15, 0.2) is 60.0 Å². The molecule has 0 saturated carbocycles. The molecule has 2 nitrogen and oxygen atoms in total. The monoisotopic (exact) mass is 445 g/mol. The molecule has 1 heterocycles. The minimum absolute atomic E-state index is 0.688. The number of unbranched alkanes of at least 4 members (excludes halogenated alkanes) is 8. The van der Waals surface area contributed by atoms with Gasteiger partial charge >= 0.3 is 0 Å². The van der Waals surface area contributed by atoms with Crippen molar-refractivity contribution >= 4 is 11.3 Å². The average Bonchev–Trinajstić information content (AvgIpc) is 3.25. The molecular weight excluding hydrogens is 410 g/mol. The molecule has 1 aromatic heterocycles. The minimum Gasteiger partial charge on any atom is -0.494 e. The summed E-state index contributed by atoms with van der Waals surface area (Å²) in [6, 6.07) is 20.4. The summed E-state index contributed by atoms with van der Waals surface area (Å²) in [6.45, 7) is 2.98. The summed E-state index contributed by atoms with van der Waals surface area (Å²) < 4.78 is 5.90. The first-order chi connectivity index (χ1) is 15.7. The Balaban J connectivity index is 1.17. The van der Waals surface area contributed by atoms with Gasteiger partial charge in [0.2, 0.25) is 0 Å². The van der Waals surface area contributed by atoms with Crippen LogP contribution in [0.3, 0.4) is 0 Å². The molecule has 0 bridgehead atoms. The lowest BCUT2D eigenvalue weighted by Gasteiger charge is -2.08. The molecule has 3 heteroatoms. The Hall–Kier alpha value is -2.57. The lowest BCUT2D eigenvalue weighted by atomic mass is 10.0. The van der Waals surface area contributed by atoms with E-state index in [-0.39, 0.29) is 0 Å². The van der Waals surface area contributed by atoms with Gasteiger partial charge in [0, 0.05) is 4.88 Å². The second-order valence-corrected chi connectivity index (χ2v) is 9.67. The van der Waals surface area contributed by atoms with Crippen molar-refractivity contribution in [3.63, 3.8) is 0 Å². The van der Waals surface area contributed by atoms with E-state index in [0.29, 0.717) is 5.56 Å². The first-order valence-corrected chi connectivity index (χ1v) is 12.9. The van der Waals surface area contributed by atoms with Crippen molar-refractivity contribution in [3.05, 3.63) is 76.0 Å². The fraction of sp³-hybridized carbons (Fsp3) is 0.414. The molecule has 0 N–H and O–H groups in total. The molecule has 0 unspecified atom stereocenters. The Morgan fingerprint density at radius 2 is 1.31 bits per heavy atom. The smallest absolute Gasteiger partial charge is 0.119 e. The Labute approximate surface area is 197 Å². The van der Waals surface area contributed by atoms with E-state index in [4.69, 9.17) is 10.00 Å². The third-order valence-electron chi connectivity index (χ3n) is 5.87. The van der Waals surface area contributed by atoms with Gasteiger partial charge in [-0.15, -0.1) is 11.3 Å². The third-order valence-corrected chi connectivity index (χ3v) is 6.78. The van der Waals surface area contributed by atoms with Crippen molar-refractivity contribution in [1.29, 1.82) is 5.26 Å². The summed E-state index contributed by atoms with van der Waals surface area (Å²) in [4.78, 5) is 1.43. The van der Waals surface area contributed by atoms with Crippen LogP contribution < -0.4 is 4.74 Å². The Kier molecular flexibility index (Phi) is 10.4. The van der Waals surface area contributed by atoms with Gasteiger partial charge in [0.1, 0.15) is 5.75 Å². The SMILES string of the molecule is Cc1cc(CCCCCCCCCCCOc2ccc(-c3ccc(C#N)cc3)cc2)cs1. The van der Waals surface area contributed by atoms with Crippen molar-refractivity contribution in [3.8, 4) is 22.9 Å². The molecule has 0 amide bonds. The zero-order chi connectivity index (χ0) is 22.4. The fourth-order valence-corrected chi connectivity index (χ4v) is 4.71. The third kappa shape index (κ3) is 8.52. The molecule has 0 fully saturated rings. The molecule has 0 atom stereocenters. The zero-order valence-corrected chi connectivity index (χ0v) is 20.1. The van der Waals surface area contributed by atoms with Gasteiger partial charge < -0.3 is 4.74 Å². The zero-order valence-electron chi connectivity index (χ0n) is 19.3. The quantitative estimate of drug-likeness (QED) is 0.232. The Morgan fingerprint density at radius 1 is 0.750 bits per heavy atom. The number of benzene rings is 2. The summed E-state index contributed by atoms with van der Waals surface area (Å²) in [5.41, 5.74) is 4.47. The van der Waals surface area contributed by atoms with Gasteiger partial charge in [0.15, 0.2) is 0 Å². The van der Waals surface area contributed by atoms with Crippen molar-refractivity contribution < 1.29 is 4.74 Å². The molecule has 0 spiro atoms. The molecule has 0 saturated heterocycles. The number of ether oxygens (including phenoxy) is 1. The van der Waals surface area contributed by atoms with E-state index in [1.165, 1.54) is 68.2 Å². The standard InChI is InChI=1S/C29H35NOS/c1-24-21-26(23-32-24)11-9-7-5-3-2-4-6-8-10-20-31-29-18-16-28(17-19-29)27-14-12-25(22-30)13-15-27/h12-19,21,23H,2-11,20H2,1H3. The Bertz CT molecular complexity index is 950. The molecule has 3 rings (SSSR count). The minimum atomic E-state index is 0.688. The van der Waals surface area contributed by atoms with Crippen LogP contribution >= 0.6 is 11.3 Å². The van der Waals surface area contributed by atoms with Crippen LogP contribution in [0.1, 0.15) is 73.8 Å². The first-order valence-electron chi connectivity index (χ1n) is 12.0. The molecule has 3 aromatic rings. The summed E-state index contributed by atoms with van der Waals surface area (Å²) in [7, 11) is 0. The molecule has 168 valence electrons. The molecule has 32 heavy (non-hydrogen) atoms. The van der Waals surface area contributed by atoms with Gasteiger partial charge in [-0.1, -0.05) is 69.2 Å². The van der Waals surface area contributed by atoms with E-state index in [2.05, 4.69) is 36.6 Å². The molecule has 0 aliphatic carbocycles. The van der Waals surface area contributed by atoms with Crippen LogP contribution in [0, 0.1) is 18.3 Å². The number of nitrogens with zero attached hydrogens (tertiary/aromatic N) is 1. The van der Waals surface area contributed by atoms with E-state index in [1.54, 1.807) is 0 Å². The van der Waals surface area contributed by atoms with Gasteiger partial charge in [-0.25, -0.2) is 0 Å². The van der Waals surface area contributed by atoms with E-state index in [0.717, 1.165) is 29.9 Å². The maximum atomic E-state index is 8.91. The van der Waals surface area contributed by atoms with E-state index >= 15 is 0 Å². The van der Waals surface area contributed by atoms with Crippen LogP contribution in [0.5, 0.6) is 5.75 Å². The van der Waals surface area contributed by atoms with E-state index in [1.807, 2.05) is 47.7 Å². The molecule has 0 radical (unpaired) electrons. The summed E-state index contributed by atoms with van der Waals surface area (Å²) >= 11 is 1.87. The van der Waals surface area contributed by atoms with Crippen molar-refractivity contribution in [2.75, 3.05) is 6.61 Å². The predicted octanol–water partition coefficient (Wildman–Crippen LogP) is 8.73. The van der Waals surface area contributed by atoms with Crippen LogP contribution in [0.4, 0.5) is 0 Å². The van der Waals surface area contributed by atoms with Crippen LogP contribution in [-0.2, 0) is 6.42 Å². The normalized spacial score (nSPS) is 10.8. The van der Waals surface area contributed by atoms with Gasteiger partial charge in [0.05, 0.1) is 18.2 Å². The fourth-order valence-electron chi connectivity index (χ4n) is 3.97. The highest BCUT2D eigenvalue weighted by Gasteiger charge is 2.00. The lowest BCUT2D eigenvalue weighted by molar-refractivity contribution is 0.304. The van der Waals surface area contributed by atoms with Crippen LogP contribution in [-0.4, -0.2) is 6.61 Å². The van der Waals surface area contributed by atoms with Crippen molar-refractivity contribution in [1.82, 2.24) is 0 Å². The molecule has 0 aliphatic rings. The van der Waals surface area contributed by atoms with Crippen molar-refractivity contribution in [2.24, 2.45) is 0 Å². The second-order valence-electron chi connectivity index (χ2n) is 8.56. The summed E-state index contributed by atoms with van der Waals surface area (Å²) in [5.74, 6) is 0.931. The Morgan fingerprint density at radius 3 is 1.88 bits per heavy atom. The highest BCUT2D eigenvalue weighted by Crippen LogP contribution is 2.23. The summed E-state index contributed by atoms with van der Waals surface area (Å²) in [5, 5.41) is 11.2. The maximum Gasteiger partial charge on any atom is 0.119 e. The first kappa shape index (κ1) is 24.1. The predicted molar refractivity (Wildman–Crippen MR) is 136 cm³/mol. The molecule has 2 aromatic carbocycles. The van der Waals surface area contributed by atoms with Gasteiger partial charge in [-0.05, 0) is 78.6 Å². The molecule has 0 aliphatic heterocycles. The number of hydrogen-bond donors (Lipinski definition) is 0. The topological polar surface area (TPSA) is 33.0 Å². The summed E-state index contributed by atoms with van der Waals surface area (Å²) in [6.07, 6.45) is 13.1. The number of rotatable bonds is 14. The van der Waals surface area contributed by atoms with Crippen LogP contribution in [0.2, 0.25) is 0 Å². The molecular formula is C29H35NOS. The number of aryl methyl sites for hydroxylation is 2. The number of nitriles is 1. The van der Waals surface area contributed by atoms with Crippen molar-refractivity contribution in [2.45, 2.75) is 71.1 Å². The van der Waals surface area contributed by atoms with E-state index in [9.17, 15) is 0 Å². The highest BCUT2D eigenvalue weighted by atomic mass is 32.1. The number of thiophene rings is 1. The average molecular weight is 446 g/mol. The van der Waals surface area contributed by atoms with Gasteiger partial charge in [0.25, 0.3) is 0 Å². The van der Waals surface area contributed by atoms with E-state index < -0.39 is 0 Å². The van der Waals surface area contributed by atoms with Crippen LogP contribution in [0.25, 0.3) is 11.1 Å². The second kappa shape index (κ2) is 13.8. The number of hydrogen-bond acceptors (Lipinski definition) is 3. The van der Waals surface area contributed by atoms with Gasteiger partial charge in [-0.2, -0.15) is 5.26 Å². The largest absolute Gasteiger partial charge is 0.494 e. The maximum absolute atomic E-state index is 8.91. The lowest BCUT2D eigenvalue weighted by Crippen LogP contribution is -1.97. The van der Waals surface area contributed by atoms with Gasteiger partial charge in [-0.3, -0.25) is 0 Å².